The molecule has 3 fully saturated rings. The number of allylic oxidation sites excluding steroid dienone is 1. The number of rotatable bonds is 2. The fourth-order valence-corrected chi connectivity index (χ4v) is 4.87. The van der Waals surface area contributed by atoms with E-state index in [-0.39, 0.29) is 0 Å². The lowest BCUT2D eigenvalue weighted by Crippen LogP contribution is -2.37. The van der Waals surface area contributed by atoms with Crippen LogP contribution in [0.1, 0.15) is 39.0 Å². The summed E-state index contributed by atoms with van der Waals surface area (Å²) in [7, 11) is 0. The van der Waals surface area contributed by atoms with Crippen LogP contribution in [0.4, 0.5) is 0 Å². The Hall–Kier alpha value is -0.590. The van der Waals surface area contributed by atoms with Crippen molar-refractivity contribution in [2.24, 2.45) is 35.5 Å². The SMILES string of the molecule is C=CCC1CC2CC1C1CC(C)C(=O)CC21. The summed E-state index contributed by atoms with van der Waals surface area (Å²) in [5, 5.41) is 0. The highest BCUT2D eigenvalue weighted by molar-refractivity contribution is 5.81. The predicted octanol–water partition coefficient (Wildman–Crippen LogP) is 3.45. The Morgan fingerprint density at radius 2 is 2.06 bits per heavy atom. The van der Waals surface area contributed by atoms with Crippen molar-refractivity contribution in [1.82, 2.24) is 0 Å². The molecule has 3 aliphatic carbocycles. The van der Waals surface area contributed by atoms with E-state index >= 15 is 0 Å². The Morgan fingerprint density at radius 3 is 2.81 bits per heavy atom. The first-order chi connectivity index (χ1) is 7.70. The minimum Gasteiger partial charge on any atom is -0.299 e. The fraction of sp³-hybridized carbons (Fsp3) is 0.800. The molecule has 0 aromatic heterocycles. The number of hydrogen-bond acceptors (Lipinski definition) is 1. The molecule has 88 valence electrons. The highest BCUT2D eigenvalue weighted by Crippen LogP contribution is 2.60. The molecule has 1 heteroatoms. The van der Waals surface area contributed by atoms with Crippen LogP contribution in [0.2, 0.25) is 0 Å². The lowest BCUT2D eigenvalue weighted by molar-refractivity contribution is -0.128. The molecule has 3 rings (SSSR count). The van der Waals surface area contributed by atoms with Gasteiger partial charge in [0.25, 0.3) is 0 Å². The van der Waals surface area contributed by atoms with Crippen molar-refractivity contribution in [1.29, 1.82) is 0 Å². The van der Waals surface area contributed by atoms with Crippen molar-refractivity contribution in [2.45, 2.75) is 39.0 Å². The third kappa shape index (κ3) is 1.40. The minimum atomic E-state index is 0.338. The average Bonchev–Trinajstić information content (AvgIpc) is 2.78. The molecule has 3 aliphatic rings. The fourth-order valence-electron chi connectivity index (χ4n) is 4.87. The van der Waals surface area contributed by atoms with Crippen molar-refractivity contribution in [3.05, 3.63) is 12.7 Å². The molecule has 2 bridgehead atoms. The zero-order valence-corrected chi connectivity index (χ0v) is 10.2. The van der Waals surface area contributed by atoms with Crippen molar-refractivity contribution < 1.29 is 4.79 Å². The Morgan fingerprint density at radius 1 is 1.25 bits per heavy atom. The van der Waals surface area contributed by atoms with E-state index in [2.05, 4.69) is 19.6 Å². The van der Waals surface area contributed by atoms with Crippen molar-refractivity contribution in [3.63, 3.8) is 0 Å². The van der Waals surface area contributed by atoms with Crippen molar-refractivity contribution >= 4 is 5.78 Å². The van der Waals surface area contributed by atoms with Gasteiger partial charge in [0.15, 0.2) is 0 Å². The van der Waals surface area contributed by atoms with Gasteiger partial charge in [0.2, 0.25) is 0 Å². The quantitative estimate of drug-likeness (QED) is 0.649. The average molecular weight is 218 g/mol. The van der Waals surface area contributed by atoms with Crippen LogP contribution in [0.5, 0.6) is 0 Å². The molecule has 6 atom stereocenters. The van der Waals surface area contributed by atoms with E-state index in [0.717, 1.165) is 36.0 Å². The molecule has 0 saturated heterocycles. The van der Waals surface area contributed by atoms with E-state index in [9.17, 15) is 4.79 Å². The van der Waals surface area contributed by atoms with Crippen molar-refractivity contribution in [3.8, 4) is 0 Å². The molecule has 0 N–H and O–H groups in total. The maximum Gasteiger partial charge on any atom is 0.136 e. The highest BCUT2D eigenvalue weighted by Gasteiger charge is 2.54. The lowest BCUT2D eigenvalue weighted by Gasteiger charge is -2.40. The van der Waals surface area contributed by atoms with Crippen LogP contribution >= 0.6 is 0 Å². The Balaban J connectivity index is 1.77. The van der Waals surface area contributed by atoms with E-state index in [1.807, 2.05) is 0 Å². The topological polar surface area (TPSA) is 17.1 Å². The van der Waals surface area contributed by atoms with Crippen molar-refractivity contribution in [2.75, 3.05) is 0 Å². The second-order valence-corrected chi connectivity index (χ2v) is 6.31. The summed E-state index contributed by atoms with van der Waals surface area (Å²) in [6, 6.07) is 0. The van der Waals surface area contributed by atoms with E-state index in [1.165, 1.54) is 25.7 Å². The first kappa shape index (κ1) is 10.6. The summed E-state index contributed by atoms with van der Waals surface area (Å²) < 4.78 is 0. The zero-order valence-electron chi connectivity index (χ0n) is 10.2. The molecule has 1 nitrogen and oxygen atoms in total. The van der Waals surface area contributed by atoms with Gasteiger partial charge in [-0.2, -0.15) is 0 Å². The standard InChI is InChI=1S/C15H22O/c1-3-4-10-6-11-7-12(10)14-5-9(2)15(16)8-13(11)14/h3,9-14H,1,4-8H2,2H3. The third-order valence-corrected chi connectivity index (χ3v) is 5.57. The molecule has 0 aromatic rings. The molecule has 0 amide bonds. The summed E-state index contributed by atoms with van der Waals surface area (Å²) in [5.41, 5.74) is 0. The first-order valence-electron chi connectivity index (χ1n) is 6.84. The van der Waals surface area contributed by atoms with Gasteiger partial charge >= 0.3 is 0 Å². The number of ketones is 1. The van der Waals surface area contributed by atoms with Crippen LogP contribution in [-0.4, -0.2) is 5.78 Å². The van der Waals surface area contributed by atoms with E-state index in [0.29, 0.717) is 11.7 Å². The van der Waals surface area contributed by atoms with Crippen LogP contribution < -0.4 is 0 Å². The van der Waals surface area contributed by atoms with E-state index in [1.54, 1.807) is 0 Å². The van der Waals surface area contributed by atoms with Gasteiger partial charge in [-0.05, 0) is 55.3 Å². The Kier molecular flexibility index (Phi) is 2.45. The second kappa shape index (κ2) is 3.72. The zero-order chi connectivity index (χ0) is 11.3. The monoisotopic (exact) mass is 218 g/mol. The number of Topliss-reactive ketones (excluding diaryl/α,β-unsaturated/α-hetero) is 1. The smallest absolute Gasteiger partial charge is 0.136 e. The van der Waals surface area contributed by atoms with Gasteiger partial charge in [0, 0.05) is 12.3 Å². The molecular weight excluding hydrogens is 196 g/mol. The number of hydrogen-bond donors (Lipinski definition) is 0. The molecule has 0 aromatic carbocycles. The largest absolute Gasteiger partial charge is 0.299 e. The molecule has 0 aliphatic heterocycles. The van der Waals surface area contributed by atoms with Gasteiger partial charge < -0.3 is 0 Å². The van der Waals surface area contributed by atoms with E-state index < -0.39 is 0 Å². The van der Waals surface area contributed by atoms with Crippen LogP contribution in [0.3, 0.4) is 0 Å². The van der Waals surface area contributed by atoms with Crippen LogP contribution in [0.15, 0.2) is 12.7 Å². The number of carbonyl (C=O) groups excluding carboxylic acids is 1. The van der Waals surface area contributed by atoms with E-state index in [4.69, 9.17) is 0 Å². The highest BCUT2D eigenvalue weighted by atomic mass is 16.1. The molecule has 3 saturated carbocycles. The van der Waals surface area contributed by atoms with Gasteiger partial charge in [-0.1, -0.05) is 13.0 Å². The predicted molar refractivity (Wildman–Crippen MR) is 64.9 cm³/mol. The molecule has 16 heavy (non-hydrogen) atoms. The molecule has 0 radical (unpaired) electrons. The maximum atomic E-state index is 11.8. The van der Waals surface area contributed by atoms with Gasteiger partial charge in [-0.15, -0.1) is 6.58 Å². The maximum absolute atomic E-state index is 11.8. The number of fused-ring (bicyclic) bond motifs is 5. The van der Waals surface area contributed by atoms with Crippen LogP contribution in [0, 0.1) is 35.5 Å². The van der Waals surface area contributed by atoms with Gasteiger partial charge in [0.05, 0.1) is 0 Å². The van der Waals surface area contributed by atoms with Crippen LogP contribution in [-0.2, 0) is 4.79 Å². The number of carbonyl (C=O) groups is 1. The molecule has 6 unspecified atom stereocenters. The first-order valence-corrected chi connectivity index (χ1v) is 6.84. The summed E-state index contributed by atoms with van der Waals surface area (Å²) >= 11 is 0. The normalized spacial score (nSPS) is 50.4. The molecule has 0 spiro atoms. The second-order valence-electron chi connectivity index (χ2n) is 6.31. The Labute approximate surface area is 98.3 Å². The van der Waals surface area contributed by atoms with Crippen LogP contribution in [0.25, 0.3) is 0 Å². The summed E-state index contributed by atoms with van der Waals surface area (Å²) in [6.07, 6.45) is 8.16. The lowest BCUT2D eigenvalue weighted by atomic mass is 9.64. The summed E-state index contributed by atoms with van der Waals surface area (Å²) in [4.78, 5) is 11.8. The Bertz CT molecular complexity index is 319. The minimum absolute atomic E-state index is 0.338. The van der Waals surface area contributed by atoms with Gasteiger partial charge in [-0.3, -0.25) is 4.79 Å². The summed E-state index contributed by atoms with van der Waals surface area (Å²) in [6.45, 7) is 6.02. The third-order valence-electron chi connectivity index (χ3n) is 5.57. The molecule has 0 heterocycles. The van der Waals surface area contributed by atoms with Gasteiger partial charge in [0.1, 0.15) is 5.78 Å². The van der Waals surface area contributed by atoms with Gasteiger partial charge in [-0.25, -0.2) is 0 Å². The summed E-state index contributed by atoms with van der Waals surface area (Å²) in [5.74, 6) is 5.19. The molecular formula is C15H22O.